The summed E-state index contributed by atoms with van der Waals surface area (Å²) < 4.78 is 21.2. The Hall–Kier alpha value is -2.73. The Kier molecular flexibility index (Phi) is 64.7. The molecule has 17 heteroatoms. The minimum absolute atomic E-state index is 0. The Morgan fingerprint density at radius 3 is 0.674 bits per heavy atom. The zero-order valence-electron chi connectivity index (χ0n) is 61.6. The van der Waals surface area contributed by atoms with Crippen molar-refractivity contribution in [3.05, 3.63) is 255 Å². The van der Waals surface area contributed by atoms with Gasteiger partial charge in [0.15, 0.2) is 0 Å². The molecule has 0 aliphatic carbocycles. The summed E-state index contributed by atoms with van der Waals surface area (Å²) in [5.74, 6) is 1.92. The smallest absolute Gasteiger partial charge is 0.215 e. The van der Waals surface area contributed by atoms with Crippen LogP contribution in [0.3, 0.4) is 0 Å². The van der Waals surface area contributed by atoms with Crippen LogP contribution in [0.15, 0.2) is 182 Å². The van der Waals surface area contributed by atoms with Gasteiger partial charge in [-0.1, -0.05) is 237 Å². The van der Waals surface area contributed by atoms with Gasteiger partial charge in [-0.2, -0.15) is 25.5 Å². The Labute approximate surface area is 701 Å². The second-order valence-electron chi connectivity index (χ2n) is 20.6. The summed E-state index contributed by atoms with van der Waals surface area (Å²) in [5, 5.41) is 21.9. The summed E-state index contributed by atoms with van der Waals surface area (Å²) in [6.45, 7) is 43.8. The molecular formula is C78H114N10O2Y5. The minimum Gasteiger partial charge on any atom is -0.478 e. The molecule has 0 bridgehead atoms. The summed E-state index contributed by atoms with van der Waals surface area (Å²) in [6, 6.07) is 60.0. The van der Waals surface area contributed by atoms with Crippen LogP contribution in [-0.2, 0) is 216 Å². The summed E-state index contributed by atoms with van der Waals surface area (Å²) >= 11 is 0. The summed E-state index contributed by atoms with van der Waals surface area (Å²) in [5.41, 5.74) is 16.7. The van der Waals surface area contributed by atoms with E-state index in [1.807, 2.05) is 268 Å². The van der Waals surface area contributed by atoms with Crippen molar-refractivity contribution in [1.82, 2.24) is 48.9 Å². The molecule has 0 unspecified atom stereocenters. The van der Waals surface area contributed by atoms with E-state index in [-0.39, 0.29) is 164 Å². The third-order valence-electron chi connectivity index (χ3n) is 14.6. The predicted molar refractivity (Wildman–Crippen MR) is 381 cm³/mol. The van der Waals surface area contributed by atoms with E-state index >= 15 is 0 Å². The van der Waals surface area contributed by atoms with Crippen molar-refractivity contribution in [2.24, 2.45) is 0 Å². The second kappa shape index (κ2) is 62.3. The Bertz CT molecular complexity index is 2810. The SMILES string of the molecule is CC.CC.CC.CC.Cc1nn2c(c1C)CCC2.Cc1nn2c(c1C)CCC2.Cc1nn2c(c1C)CCCC2.Cc1nn2c(c1C)OCC2.Cc1nn2c(c1C)OCCC2.[Y].[Y].[Y].[Y].[Y].c1ccccc1.c1ccccc1.c1ccccc1.c1ccccc1.c1ccccc1. The average Bonchev–Trinajstić information content (AvgIpc) is 1.73. The summed E-state index contributed by atoms with van der Waals surface area (Å²) in [4.78, 5) is 0. The van der Waals surface area contributed by atoms with Crippen molar-refractivity contribution in [3.63, 3.8) is 0 Å². The molecule has 0 spiro atoms. The van der Waals surface area contributed by atoms with E-state index in [0.717, 1.165) is 75.5 Å². The van der Waals surface area contributed by atoms with E-state index < -0.39 is 0 Å². The molecular weight excluding hydrogens is 1550 g/mol. The molecule has 0 N–H and O–H groups in total. The Balaban J connectivity index is -0.000000480. The molecule has 0 fully saturated rings. The molecule has 15 rings (SSSR count). The van der Waals surface area contributed by atoms with E-state index in [2.05, 4.69) is 88.0 Å². The van der Waals surface area contributed by atoms with Gasteiger partial charge in [0.05, 0.1) is 41.6 Å². The van der Waals surface area contributed by atoms with E-state index in [1.165, 1.54) is 107 Å². The molecule has 0 atom stereocenters. The quantitative estimate of drug-likeness (QED) is 0.149. The van der Waals surface area contributed by atoms with Gasteiger partial charge in [-0.25, -0.2) is 9.36 Å². The number of rotatable bonds is 0. The van der Waals surface area contributed by atoms with Gasteiger partial charge in [0.2, 0.25) is 11.8 Å². The van der Waals surface area contributed by atoms with Crippen molar-refractivity contribution in [2.45, 2.75) is 209 Å². The van der Waals surface area contributed by atoms with Gasteiger partial charge in [0, 0.05) is 224 Å². The van der Waals surface area contributed by atoms with Crippen LogP contribution in [0, 0.1) is 69.2 Å². The van der Waals surface area contributed by atoms with Crippen LogP contribution in [0.1, 0.15) is 161 Å². The van der Waals surface area contributed by atoms with Gasteiger partial charge in [-0.05, 0) is 131 Å². The van der Waals surface area contributed by atoms with Crippen LogP contribution in [0.5, 0.6) is 11.8 Å². The Morgan fingerprint density at radius 2 is 0.432 bits per heavy atom. The van der Waals surface area contributed by atoms with E-state index in [0.29, 0.717) is 0 Å². The second-order valence-corrected chi connectivity index (χ2v) is 20.6. The number of ether oxygens (including phenoxy) is 2. The molecule has 503 valence electrons. The molecule has 5 aliphatic heterocycles. The van der Waals surface area contributed by atoms with Crippen LogP contribution in [-0.4, -0.2) is 62.1 Å². The maximum absolute atomic E-state index is 5.48. The number of fused-ring (bicyclic) bond motifs is 5. The standard InChI is InChI=1S/C9H14N2.C8H12N2O.2C8H12N2.C7H10N2O.5C6H6.4C2H6.5Y/c1-7-8(2)10-11-6-4-3-5-9(7)11;1-6-7(2)9-10-4-3-5-11-8(6)10;2*1-6-7(2)9-10-5-3-4-8(6)10;1-5-6(2)8-9-3-4-10-7(5)9;5*1-2-4-6-5-3-1;4*1-2;;;;;/h3-6H2,1-2H3;3-5H2,1-2H3;2*3-5H2,1-2H3;3-4H2,1-2H3;5*1-6H;4*1-2H3;;;;;. The van der Waals surface area contributed by atoms with E-state index in [9.17, 15) is 0 Å². The molecule has 0 saturated carbocycles. The van der Waals surface area contributed by atoms with Gasteiger partial charge in [0.1, 0.15) is 6.61 Å². The van der Waals surface area contributed by atoms with Crippen molar-refractivity contribution >= 4 is 0 Å². The zero-order chi connectivity index (χ0) is 66.3. The monoisotopic (exact) mass is 1670 g/mol. The maximum Gasteiger partial charge on any atom is 0.215 e. The molecule has 5 radical (unpaired) electrons. The average molecular weight is 1670 g/mol. The molecule has 12 nitrogen and oxygen atoms in total. The summed E-state index contributed by atoms with van der Waals surface area (Å²) in [7, 11) is 0. The normalized spacial score (nSPS) is 11.4. The molecule has 10 aromatic rings. The number of hydrogen-bond acceptors (Lipinski definition) is 7. The van der Waals surface area contributed by atoms with Crippen molar-refractivity contribution in [3.8, 4) is 11.8 Å². The van der Waals surface area contributed by atoms with Gasteiger partial charge in [0.25, 0.3) is 0 Å². The molecule has 0 amide bonds. The number of nitrogens with zero attached hydrogens (tertiary/aromatic N) is 10. The minimum atomic E-state index is 0. The fraction of sp³-hybridized carbons (Fsp3) is 0.423. The molecule has 5 aliphatic rings. The van der Waals surface area contributed by atoms with Crippen LogP contribution < -0.4 is 9.47 Å². The van der Waals surface area contributed by atoms with Gasteiger partial charge in [-0.3, -0.25) is 14.0 Å². The van der Waals surface area contributed by atoms with Gasteiger partial charge >= 0.3 is 0 Å². The third kappa shape index (κ3) is 37.5. The predicted octanol–water partition coefficient (Wildman–Crippen LogP) is 19.4. The third-order valence-corrected chi connectivity index (χ3v) is 14.6. The van der Waals surface area contributed by atoms with Crippen LogP contribution in [0.2, 0.25) is 0 Å². The van der Waals surface area contributed by atoms with Gasteiger partial charge < -0.3 is 9.47 Å². The first kappa shape index (κ1) is 98.6. The van der Waals surface area contributed by atoms with E-state index in [4.69, 9.17) is 9.47 Å². The Morgan fingerprint density at radius 1 is 0.232 bits per heavy atom. The van der Waals surface area contributed by atoms with Crippen molar-refractivity contribution in [1.29, 1.82) is 0 Å². The number of hydrogen-bond donors (Lipinski definition) is 0. The molecule has 0 saturated heterocycles. The first-order valence-corrected chi connectivity index (χ1v) is 33.4. The van der Waals surface area contributed by atoms with Gasteiger partial charge in [-0.15, -0.1) is 0 Å². The first-order chi connectivity index (χ1) is 43.9. The maximum atomic E-state index is 5.48. The number of aryl methyl sites for hydroxylation is 9. The van der Waals surface area contributed by atoms with Crippen LogP contribution >= 0.6 is 0 Å². The molecule has 5 aromatic heterocycles. The number of aromatic nitrogens is 10. The topological polar surface area (TPSA) is 108 Å². The zero-order valence-corrected chi connectivity index (χ0v) is 75.8. The fourth-order valence-corrected chi connectivity index (χ4v) is 9.51. The number of benzene rings is 5. The molecule has 95 heavy (non-hydrogen) atoms. The largest absolute Gasteiger partial charge is 0.478 e. The van der Waals surface area contributed by atoms with Crippen molar-refractivity contribution < 1.29 is 173 Å². The summed E-state index contributed by atoms with van der Waals surface area (Å²) in [6.07, 6.45) is 9.96. The van der Waals surface area contributed by atoms with E-state index in [1.54, 1.807) is 0 Å². The van der Waals surface area contributed by atoms with Crippen LogP contribution in [0.25, 0.3) is 0 Å². The van der Waals surface area contributed by atoms with Crippen molar-refractivity contribution in [2.75, 3.05) is 13.2 Å². The molecule has 10 heterocycles. The first-order valence-electron chi connectivity index (χ1n) is 33.4. The van der Waals surface area contributed by atoms with Crippen LogP contribution in [0.4, 0.5) is 0 Å². The fourth-order valence-electron chi connectivity index (χ4n) is 9.51. The molecule has 5 aromatic carbocycles.